The van der Waals surface area contributed by atoms with Crippen molar-refractivity contribution in [3.8, 4) is 0 Å². The summed E-state index contributed by atoms with van der Waals surface area (Å²) in [6, 6.07) is 8.40. The maximum Gasteiger partial charge on any atom is 0.405 e. The fourth-order valence-corrected chi connectivity index (χ4v) is 3.54. The molecule has 19 heavy (non-hydrogen) atoms. The van der Waals surface area contributed by atoms with Gasteiger partial charge in [-0.2, -0.15) is 0 Å². The Labute approximate surface area is 119 Å². The number of amides is 1. The first-order chi connectivity index (χ1) is 9.17. The van der Waals surface area contributed by atoms with Crippen molar-refractivity contribution < 1.29 is 9.90 Å². The topological polar surface area (TPSA) is 62.2 Å². The zero-order valence-corrected chi connectivity index (χ0v) is 12.1. The van der Waals surface area contributed by atoms with Gasteiger partial charge in [0.15, 0.2) is 0 Å². The second kappa shape index (κ2) is 6.58. The predicted molar refractivity (Wildman–Crippen MR) is 76.9 cm³/mol. The fourth-order valence-electron chi connectivity index (χ4n) is 1.52. The van der Waals surface area contributed by atoms with Crippen LogP contribution in [0.4, 0.5) is 4.79 Å². The molecule has 2 rings (SSSR count). The predicted octanol–water partition coefficient (Wildman–Crippen LogP) is 3.62. The maximum absolute atomic E-state index is 10.4. The van der Waals surface area contributed by atoms with Crippen LogP contribution in [0.5, 0.6) is 0 Å². The molecule has 0 unspecified atom stereocenters. The normalized spacial score (nSPS) is 10.4. The fraction of sp³-hybridized carbons (Fsp3) is 0.231. The molecule has 0 saturated heterocycles. The molecule has 0 atom stereocenters. The number of aromatic nitrogens is 1. The van der Waals surface area contributed by atoms with E-state index in [0.29, 0.717) is 0 Å². The molecule has 0 aliphatic carbocycles. The molecule has 1 aromatic heterocycles. The van der Waals surface area contributed by atoms with Crippen molar-refractivity contribution in [1.82, 2.24) is 10.3 Å². The number of hydrogen-bond acceptors (Lipinski definition) is 4. The van der Waals surface area contributed by atoms with Crippen LogP contribution in [0.25, 0.3) is 0 Å². The molecular formula is C13H14N2O2S2. The van der Waals surface area contributed by atoms with Gasteiger partial charge in [0.2, 0.25) is 0 Å². The summed E-state index contributed by atoms with van der Waals surface area (Å²) in [5.74, 6) is 0. The lowest BCUT2D eigenvalue weighted by atomic mass is 10.2. The van der Waals surface area contributed by atoms with E-state index < -0.39 is 6.09 Å². The van der Waals surface area contributed by atoms with Crippen LogP contribution in [0, 0.1) is 0 Å². The van der Waals surface area contributed by atoms with E-state index in [2.05, 4.69) is 41.5 Å². The van der Waals surface area contributed by atoms with Crippen molar-refractivity contribution in [2.45, 2.75) is 29.0 Å². The van der Waals surface area contributed by atoms with Gasteiger partial charge in [0.25, 0.3) is 0 Å². The molecular weight excluding hydrogens is 280 g/mol. The van der Waals surface area contributed by atoms with E-state index in [4.69, 9.17) is 5.11 Å². The summed E-state index contributed by atoms with van der Waals surface area (Å²) in [7, 11) is 0. The smallest absolute Gasteiger partial charge is 0.405 e. The summed E-state index contributed by atoms with van der Waals surface area (Å²) >= 11 is 3.16. The molecule has 4 nitrogen and oxygen atoms in total. The van der Waals surface area contributed by atoms with Gasteiger partial charge in [-0.1, -0.05) is 30.8 Å². The maximum atomic E-state index is 10.4. The summed E-state index contributed by atoms with van der Waals surface area (Å²) < 4.78 is 1.07. The first-order valence-electron chi connectivity index (χ1n) is 5.85. The zero-order chi connectivity index (χ0) is 13.7. The number of rotatable bonds is 5. The average Bonchev–Trinajstić information content (AvgIpc) is 2.84. The Kier molecular flexibility index (Phi) is 4.81. The molecule has 0 aliphatic rings. The molecule has 1 heterocycles. The molecule has 0 saturated carbocycles. The molecule has 1 amide bonds. The Hall–Kier alpha value is -1.53. The van der Waals surface area contributed by atoms with Crippen LogP contribution >= 0.6 is 23.1 Å². The summed E-state index contributed by atoms with van der Waals surface area (Å²) in [6.45, 7) is 2.39. The van der Waals surface area contributed by atoms with Crippen LogP contribution in [0.15, 0.2) is 39.6 Å². The number of nitrogens with zero attached hydrogens (tertiary/aromatic N) is 1. The molecule has 0 radical (unpaired) electrons. The molecule has 2 aromatic rings. The Balaban J connectivity index is 2.00. The highest BCUT2D eigenvalue weighted by molar-refractivity contribution is 8.01. The lowest BCUT2D eigenvalue weighted by Crippen LogP contribution is -2.19. The number of aryl methyl sites for hydroxylation is 1. The van der Waals surface area contributed by atoms with Gasteiger partial charge in [0.05, 0.1) is 17.0 Å². The van der Waals surface area contributed by atoms with Crippen LogP contribution in [0.3, 0.4) is 0 Å². The first-order valence-corrected chi connectivity index (χ1v) is 7.49. The highest BCUT2D eigenvalue weighted by atomic mass is 32.2. The number of hydrogen-bond donors (Lipinski definition) is 2. The first kappa shape index (κ1) is 13.9. The lowest BCUT2D eigenvalue weighted by molar-refractivity contribution is 0.194. The number of nitrogens with one attached hydrogen (secondary N) is 1. The lowest BCUT2D eigenvalue weighted by Gasteiger charge is -2.01. The summed E-state index contributed by atoms with van der Waals surface area (Å²) in [5.41, 5.74) is 1.31. The van der Waals surface area contributed by atoms with E-state index in [1.807, 2.05) is 0 Å². The third-order valence-corrected chi connectivity index (χ3v) is 4.54. The van der Waals surface area contributed by atoms with Crippen molar-refractivity contribution in [3.63, 3.8) is 0 Å². The summed E-state index contributed by atoms with van der Waals surface area (Å²) in [5, 5.41) is 11.6. The minimum atomic E-state index is -1.03. The zero-order valence-electron chi connectivity index (χ0n) is 10.4. The van der Waals surface area contributed by atoms with Gasteiger partial charge >= 0.3 is 6.09 Å². The van der Waals surface area contributed by atoms with E-state index in [1.54, 1.807) is 18.0 Å². The minimum absolute atomic E-state index is 0.259. The molecule has 6 heteroatoms. The van der Waals surface area contributed by atoms with Gasteiger partial charge in [-0.25, -0.2) is 9.78 Å². The third kappa shape index (κ3) is 4.25. The van der Waals surface area contributed by atoms with E-state index in [9.17, 15) is 4.79 Å². The van der Waals surface area contributed by atoms with Crippen molar-refractivity contribution in [2.24, 2.45) is 0 Å². The Morgan fingerprint density at radius 2 is 2.37 bits per heavy atom. The largest absolute Gasteiger partial charge is 0.465 e. The van der Waals surface area contributed by atoms with Gasteiger partial charge in [-0.05, 0) is 24.1 Å². The average molecular weight is 294 g/mol. The number of thiazole rings is 1. The van der Waals surface area contributed by atoms with Crippen molar-refractivity contribution in [2.75, 3.05) is 0 Å². The third-order valence-electron chi connectivity index (χ3n) is 2.45. The molecule has 0 bridgehead atoms. The molecule has 1 aromatic carbocycles. The van der Waals surface area contributed by atoms with Gasteiger partial charge in [0.1, 0.15) is 5.01 Å². The van der Waals surface area contributed by atoms with Crippen LogP contribution in [-0.2, 0) is 13.0 Å². The second-order valence-corrected chi connectivity index (χ2v) is 6.32. The van der Waals surface area contributed by atoms with Gasteiger partial charge < -0.3 is 10.4 Å². The molecule has 0 spiro atoms. The van der Waals surface area contributed by atoms with Crippen molar-refractivity contribution >= 4 is 29.2 Å². The Bertz CT molecular complexity index is 569. The van der Waals surface area contributed by atoms with Crippen LogP contribution in [0.2, 0.25) is 0 Å². The SMILES string of the molecule is CCc1cccc(Sc2cnc(CNC(=O)O)s2)c1. The molecule has 0 fully saturated rings. The molecule has 0 aliphatic heterocycles. The Morgan fingerprint density at radius 3 is 3.11 bits per heavy atom. The monoisotopic (exact) mass is 294 g/mol. The van der Waals surface area contributed by atoms with Crippen LogP contribution in [0.1, 0.15) is 17.5 Å². The van der Waals surface area contributed by atoms with E-state index in [-0.39, 0.29) is 6.54 Å². The highest BCUT2D eigenvalue weighted by Gasteiger charge is 2.05. The number of carbonyl (C=O) groups is 1. The molecule has 100 valence electrons. The quantitative estimate of drug-likeness (QED) is 0.884. The van der Waals surface area contributed by atoms with E-state index in [1.165, 1.54) is 21.8 Å². The second-order valence-electron chi connectivity index (χ2n) is 3.83. The number of carboxylic acid groups (broad SMARTS) is 1. The van der Waals surface area contributed by atoms with Gasteiger partial charge in [-0.3, -0.25) is 0 Å². The van der Waals surface area contributed by atoms with Crippen LogP contribution in [-0.4, -0.2) is 16.2 Å². The van der Waals surface area contributed by atoms with Gasteiger partial charge in [0, 0.05) is 4.90 Å². The highest BCUT2D eigenvalue weighted by Crippen LogP contribution is 2.32. The standard InChI is InChI=1S/C13H14N2O2S2/c1-2-9-4-3-5-10(6-9)18-12-8-14-11(19-12)7-15-13(16)17/h3-6,8,15H,2,7H2,1H3,(H,16,17). The van der Waals surface area contributed by atoms with Crippen molar-refractivity contribution in [1.29, 1.82) is 0 Å². The van der Waals surface area contributed by atoms with Gasteiger partial charge in [-0.15, -0.1) is 11.3 Å². The van der Waals surface area contributed by atoms with E-state index >= 15 is 0 Å². The Morgan fingerprint density at radius 1 is 1.53 bits per heavy atom. The number of benzene rings is 1. The molecule has 2 N–H and O–H groups in total. The summed E-state index contributed by atoms with van der Waals surface area (Å²) in [6.07, 6.45) is 1.78. The van der Waals surface area contributed by atoms with Crippen LogP contribution < -0.4 is 5.32 Å². The van der Waals surface area contributed by atoms with Crippen molar-refractivity contribution in [3.05, 3.63) is 41.0 Å². The van der Waals surface area contributed by atoms with E-state index in [0.717, 1.165) is 15.6 Å². The summed E-state index contributed by atoms with van der Waals surface area (Å²) in [4.78, 5) is 15.8. The minimum Gasteiger partial charge on any atom is -0.465 e.